The second-order valence-electron chi connectivity index (χ2n) is 4.32. The molecular formula is C13H16N2O2. The lowest BCUT2D eigenvalue weighted by molar-refractivity contribution is -0.114. The minimum atomic E-state index is -0.0827. The highest BCUT2D eigenvalue weighted by atomic mass is 16.1. The van der Waals surface area contributed by atoms with E-state index in [0.717, 1.165) is 36.9 Å². The fourth-order valence-electron chi connectivity index (χ4n) is 2.34. The molecule has 1 aromatic rings. The Kier molecular flexibility index (Phi) is 3.42. The first-order valence-corrected chi connectivity index (χ1v) is 5.81. The van der Waals surface area contributed by atoms with Gasteiger partial charge in [-0.3, -0.25) is 9.59 Å². The molecule has 2 N–H and O–H groups in total. The monoisotopic (exact) mass is 232 g/mol. The molecule has 4 nitrogen and oxygen atoms in total. The smallest absolute Gasteiger partial charge is 0.221 e. The SMILES string of the molecule is CC(=O)Nc1ccc2c(c1)C(NC=O)CCC2. The molecule has 1 atom stereocenters. The van der Waals surface area contributed by atoms with Crippen LogP contribution in [0.25, 0.3) is 0 Å². The van der Waals surface area contributed by atoms with Crippen LogP contribution < -0.4 is 10.6 Å². The number of fused-ring (bicyclic) bond motifs is 1. The highest BCUT2D eigenvalue weighted by Crippen LogP contribution is 2.31. The van der Waals surface area contributed by atoms with Crippen molar-refractivity contribution in [1.29, 1.82) is 0 Å². The van der Waals surface area contributed by atoms with Crippen molar-refractivity contribution in [3.05, 3.63) is 29.3 Å². The lowest BCUT2D eigenvalue weighted by Crippen LogP contribution is -2.24. The molecule has 1 aliphatic carbocycles. The molecule has 2 amide bonds. The molecule has 1 unspecified atom stereocenters. The van der Waals surface area contributed by atoms with E-state index in [9.17, 15) is 9.59 Å². The van der Waals surface area contributed by atoms with Gasteiger partial charge < -0.3 is 10.6 Å². The third kappa shape index (κ3) is 2.64. The maximum absolute atomic E-state index is 11.0. The van der Waals surface area contributed by atoms with E-state index < -0.39 is 0 Å². The summed E-state index contributed by atoms with van der Waals surface area (Å²) in [4.78, 5) is 21.6. The van der Waals surface area contributed by atoms with E-state index in [0.29, 0.717) is 0 Å². The molecule has 0 fully saturated rings. The molecule has 0 aliphatic heterocycles. The minimum absolute atomic E-state index is 0.0740. The Balaban J connectivity index is 2.29. The third-order valence-corrected chi connectivity index (χ3v) is 3.05. The predicted molar refractivity (Wildman–Crippen MR) is 65.6 cm³/mol. The van der Waals surface area contributed by atoms with Gasteiger partial charge in [0.15, 0.2) is 0 Å². The molecule has 0 radical (unpaired) electrons. The van der Waals surface area contributed by atoms with E-state index in [1.165, 1.54) is 12.5 Å². The van der Waals surface area contributed by atoms with Gasteiger partial charge in [-0.2, -0.15) is 0 Å². The molecule has 0 spiro atoms. The maximum atomic E-state index is 11.0. The van der Waals surface area contributed by atoms with Crippen molar-refractivity contribution in [2.24, 2.45) is 0 Å². The maximum Gasteiger partial charge on any atom is 0.221 e. The van der Waals surface area contributed by atoms with Crippen molar-refractivity contribution in [1.82, 2.24) is 5.32 Å². The zero-order valence-electron chi connectivity index (χ0n) is 9.82. The van der Waals surface area contributed by atoms with Crippen molar-refractivity contribution in [3.8, 4) is 0 Å². The van der Waals surface area contributed by atoms with Crippen LogP contribution in [-0.2, 0) is 16.0 Å². The molecular weight excluding hydrogens is 216 g/mol. The molecule has 1 aromatic carbocycles. The number of anilines is 1. The summed E-state index contributed by atoms with van der Waals surface area (Å²) in [5, 5.41) is 5.59. The van der Waals surface area contributed by atoms with Gasteiger partial charge in [-0.15, -0.1) is 0 Å². The van der Waals surface area contributed by atoms with E-state index in [4.69, 9.17) is 0 Å². The minimum Gasteiger partial charge on any atom is -0.352 e. The Morgan fingerprint density at radius 1 is 1.47 bits per heavy atom. The summed E-state index contributed by atoms with van der Waals surface area (Å²) in [5.41, 5.74) is 3.16. The van der Waals surface area contributed by atoms with Gasteiger partial charge >= 0.3 is 0 Å². The number of rotatable bonds is 3. The van der Waals surface area contributed by atoms with Crippen LogP contribution in [0.15, 0.2) is 18.2 Å². The number of benzene rings is 1. The number of hydrogen-bond donors (Lipinski definition) is 2. The quantitative estimate of drug-likeness (QED) is 0.780. The topological polar surface area (TPSA) is 58.2 Å². The first kappa shape index (κ1) is 11.6. The highest BCUT2D eigenvalue weighted by molar-refractivity contribution is 5.88. The number of carbonyl (C=O) groups excluding carboxylic acids is 2. The van der Waals surface area contributed by atoms with E-state index >= 15 is 0 Å². The molecule has 0 aromatic heterocycles. The van der Waals surface area contributed by atoms with Gasteiger partial charge in [0, 0.05) is 12.6 Å². The first-order valence-electron chi connectivity index (χ1n) is 5.81. The zero-order valence-corrected chi connectivity index (χ0v) is 9.82. The van der Waals surface area contributed by atoms with Crippen LogP contribution in [0, 0.1) is 0 Å². The van der Waals surface area contributed by atoms with Crippen molar-refractivity contribution < 1.29 is 9.59 Å². The molecule has 4 heteroatoms. The Bertz CT molecular complexity index is 443. The molecule has 0 saturated carbocycles. The standard InChI is InChI=1S/C13H16N2O2/c1-9(17)15-11-6-5-10-3-2-4-13(14-8-16)12(10)7-11/h5-8,13H,2-4H2,1H3,(H,14,16)(H,15,17). The van der Waals surface area contributed by atoms with Crippen LogP contribution in [0.1, 0.15) is 36.9 Å². The number of nitrogens with one attached hydrogen (secondary N) is 2. The van der Waals surface area contributed by atoms with Gasteiger partial charge in [0.25, 0.3) is 0 Å². The van der Waals surface area contributed by atoms with Crippen LogP contribution in [0.4, 0.5) is 5.69 Å². The molecule has 0 bridgehead atoms. The van der Waals surface area contributed by atoms with Crippen LogP contribution in [0.3, 0.4) is 0 Å². The Labute approximate surface area is 100 Å². The van der Waals surface area contributed by atoms with Gasteiger partial charge in [-0.05, 0) is 42.5 Å². The summed E-state index contributed by atoms with van der Waals surface area (Å²) in [6.07, 6.45) is 3.81. The second kappa shape index (κ2) is 4.99. The van der Waals surface area contributed by atoms with Crippen molar-refractivity contribution in [3.63, 3.8) is 0 Å². The summed E-state index contributed by atoms with van der Waals surface area (Å²) in [6, 6.07) is 5.96. The molecule has 0 saturated heterocycles. The molecule has 1 aliphatic rings. The largest absolute Gasteiger partial charge is 0.352 e. The van der Waals surface area contributed by atoms with Crippen molar-refractivity contribution in [2.75, 3.05) is 5.32 Å². The van der Waals surface area contributed by atoms with E-state index in [1.807, 2.05) is 18.2 Å². The van der Waals surface area contributed by atoms with Crippen molar-refractivity contribution >= 4 is 18.0 Å². The van der Waals surface area contributed by atoms with Crippen molar-refractivity contribution in [2.45, 2.75) is 32.2 Å². The number of hydrogen-bond acceptors (Lipinski definition) is 2. The average molecular weight is 232 g/mol. The number of amides is 2. The van der Waals surface area contributed by atoms with Crippen LogP contribution in [0.5, 0.6) is 0 Å². The van der Waals surface area contributed by atoms with Crippen LogP contribution in [-0.4, -0.2) is 12.3 Å². The second-order valence-corrected chi connectivity index (χ2v) is 4.32. The predicted octanol–water partition coefficient (Wildman–Crippen LogP) is 1.77. The van der Waals surface area contributed by atoms with Gasteiger partial charge in [0.1, 0.15) is 0 Å². The highest BCUT2D eigenvalue weighted by Gasteiger charge is 2.19. The van der Waals surface area contributed by atoms with E-state index in [1.54, 1.807) is 0 Å². The summed E-state index contributed by atoms with van der Waals surface area (Å²) in [5.74, 6) is -0.0827. The normalized spacial score (nSPS) is 18.1. The first-order chi connectivity index (χ1) is 8.20. The van der Waals surface area contributed by atoms with Crippen LogP contribution >= 0.6 is 0 Å². The summed E-state index contributed by atoms with van der Waals surface area (Å²) in [7, 11) is 0. The Morgan fingerprint density at radius 3 is 3.00 bits per heavy atom. The molecule has 90 valence electrons. The molecule has 17 heavy (non-hydrogen) atoms. The summed E-state index contributed by atoms with van der Waals surface area (Å²) in [6.45, 7) is 1.49. The van der Waals surface area contributed by atoms with E-state index in [-0.39, 0.29) is 11.9 Å². The Hall–Kier alpha value is -1.84. The lowest BCUT2D eigenvalue weighted by atomic mass is 9.87. The lowest BCUT2D eigenvalue weighted by Gasteiger charge is -2.25. The molecule has 2 rings (SSSR count). The Morgan fingerprint density at radius 2 is 2.29 bits per heavy atom. The number of aryl methyl sites for hydroxylation is 1. The number of carbonyl (C=O) groups is 2. The van der Waals surface area contributed by atoms with Crippen LogP contribution in [0.2, 0.25) is 0 Å². The van der Waals surface area contributed by atoms with E-state index in [2.05, 4.69) is 10.6 Å². The molecule has 0 heterocycles. The summed E-state index contributed by atoms with van der Waals surface area (Å²) >= 11 is 0. The van der Waals surface area contributed by atoms with Gasteiger partial charge in [0.2, 0.25) is 12.3 Å². The van der Waals surface area contributed by atoms with Gasteiger partial charge in [-0.1, -0.05) is 6.07 Å². The fourth-order valence-corrected chi connectivity index (χ4v) is 2.34. The summed E-state index contributed by atoms with van der Waals surface area (Å²) < 4.78 is 0. The fraction of sp³-hybridized carbons (Fsp3) is 0.385. The zero-order chi connectivity index (χ0) is 12.3. The average Bonchev–Trinajstić information content (AvgIpc) is 2.29. The van der Waals surface area contributed by atoms with Gasteiger partial charge in [0.05, 0.1) is 6.04 Å². The van der Waals surface area contributed by atoms with Gasteiger partial charge in [-0.25, -0.2) is 0 Å². The third-order valence-electron chi connectivity index (χ3n) is 3.05.